The fourth-order valence-corrected chi connectivity index (χ4v) is 0.0333. The molecule has 0 aliphatic rings. The van der Waals surface area contributed by atoms with Crippen LogP contribution in [-0.2, 0) is 0 Å². The molecule has 0 spiro atoms. The molecule has 0 saturated heterocycles. The second kappa shape index (κ2) is 3.08. The molecule has 0 heterocycles. The number of rotatable bonds is 2. The molecule has 0 aromatic carbocycles. The van der Waals surface area contributed by atoms with E-state index in [0.29, 0.717) is 0 Å². The molecule has 3 N–H and O–H groups in total. The van der Waals surface area contributed by atoms with Gasteiger partial charge in [-0.25, -0.2) is 0 Å². The van der Waals surface area contributed by atoms with Gasteiger partial charge in [0.25, 0.3) is 0 Å². The lowest BCUT2D eigenvalue weighted by Gasteiger charge is -1.96. The SMILES string of the molecule is [2H][13CH](O)C(O)C([2H])([2H])O. The first-order chi connectivity index (χ1) is 3.85. The molecule has 0 rings (SSSR count). The summed E-state index contributed by atoms with van der Waals surface area (Å²) in [6, 6.07) is 0. The minimum absolute atomic E-state index is 2.01. The van der Waals surface area contributed by atoms with E-state index in [4.69, 9.17) is 19.4 Å². The summed E-state index contributed by atoms with van der Waals surface area (Å²) in [5.74, 6) is 0. The van der Waals surface area contributed by atoms with Gasteiger partial charge in [-0.05, 0) is 0 Å². The van der Waals surface area contributed by atoms with E-state index in [1.807, 2.05) is 0 Å². The third kappa shape index (κ3) is 2.14. The van der Waals surface area contributed by atoms with Crippen molar-refractivity contribution in [2.75, 3.05) is 13.1 Å². The van der Waals surface area contributed by atoms with E-state index < -0.39 is 19.2 Å². The topological polar surface area (TPSA) is 60.7 Å². The summed E-state index contributed by atoms with van der Waals surface area (Å²) in [6.07, 6.45) is -2.07. The number of hydrogen-bond acceptors (Lipinski definition) is 3. The maximum Gasteiger partial charge on any atom is 0.100 e. The van der Waals surface area contributed by atoms with Crippen molar-refractivity contribution in [2.45, 2.75) is 6.10 Å². The van der Waals surface area contributed by atoms with E-state index in [1.54, 1.807) is 0 Å². The van der Waals surface area contributed by atoms with Gasteiger partial charge in [-0.2, -0.15) is 0 Å². The lowest BCUT2D eigenvalue weighted by molar-refractivity contribution is 0.0450. The van der Waals surface area contributed by atoms with Gasteiger partial charge in [0.05, 0.1) is 17.3 Å². The molecule has 0 bridgehead atoms. The van der Waals surface area contributed by atoms with Crippen molar-refractivity contribution in [1.82, 2.24) is 0 Å². The lowest BCUT2D eigenvalue weighted by Crippen LogP contribution is -2.15. The quantitative estimate of drug-likeness (QED) is 0.360. The van der Waals surface area contributed by atoms with Crippen molar-refractivity contribution in [3.8, 4) is 0 Å². The predicted octanol–water partition coefficient (Wildman–Crippen LogP) is -1.67. The van der Waals surface area contributed by atoms with Crippen molar-refractivity contribution >= 4 is 0 Å². The molecule has 0 saturated carbocycles. The standard InChI is InChI=1S/C3H8O3/c4-1-3(6)2-5/h3-6H,1-2H2/i1D2,2+1D. The van der Waals surface area contributed by atoms with Crippen molar-refractivity contribution < 1.29 is 19.4 Å². The number of hydrogen-bond donors (Lipinski definition) is 3. The zero-order chi connectivity index (χ0) is 7.65. The van der Waals surface area contributed by atoms with Crippen molar-refractivity contribution in [3.05, 3.63) is 0 Å². The molecule has 0 fully saturated rings. The highest BCUT2D eigenvalue weighted by atomic mass is 16.4. The Morgan fingerprint density at radius 2 is 2.17 bits per heavy atom. The zero-order valence-corrected chi connectivity index (χ0v) is 3.00. The van der Waals surface area contributed by atoms with Crippen LogP contribution in [0.5, 0.6) is 0 Å². The molecule has 0 amide bonds. The molecule has 0 aromatic rings. The Bertz CT molecular complexity index is 88.8. The number of aliphatic hydroxyl groups is 3. The molecule has 0 aliphatic carbocycles. The van der Waals surface area contributed by atoms with E-state index in [-0.39, 0.29) is 0 Å². The Morgan fingerprint density at radius 3 is 2.17 bits per heavy atom. The average Bonchev–Trinajstić information content (AvgIpc) is 1.62. The third-order valence-corrected chi connectivity index (χ3v) is 0.273. The normalized spacial score (nSPS) is 29.5. The maximum absolute atomic E-state index is 8.40. The first-order valence-electron chi connectivity index (χ1n) is 2.94. The van der Waals surface area contributed by atoms with E-state index in [0.717, 1.165) is 0 Å². The van der Waals surface area contributed by atoms with E-state index in [2.05, 4.69) is 0 Å². The van der Waals surface area contributed by atoms with Gasteiger partial charge in [0, 0.05) is 0 Å². The summed E-state index contributed by atoms with van der Waals surface area (Å²) in [5, 5.41) is 24.8. The van der Waals surface area contributed by atoms with Gasteiger partial charge < -0.3 is 15.3 Å². The Hall–Kier alpha value is -0.120. The minimum Gasteiger partial charge on any atom is -0.394 e. The second-order valence-electron chi connectivity index (χ2n) is 0.723. The van der Waals surface area contributed by atoms with Crippen LogP contribution in [0, 0.1) is 0 Å². The first kappa shape index (κ1) is 2.26. The van der Waals surface area contributed by atoms with Gasteiger partial charge >= 0.3 is 0 Å². The van der Waals surface area contributed by atoms with Crippen LogP contribution in [-0.4, -0.2) is 34.6 Å². The summed E-state index contributed by atoms with van der Waals surface area (Å²) in [6.45, 7) is -4.91. The van der Waals surface area contributed by atoms with Gasteiger partial charge in [0.2, 0.25) is 0 Å². The monoisotopic (exact) mass is 96.1 g/mol. The Labute approximate surface area is 40.1 Å². The van der Waals surface area contributed by atoms with Crippen LogP contribution in [0.4, 0.5) is 0 Å². The fraction of sp³-hybridized carbons (Fsp3) is 1.00. The molecule has 0 radical (unpaired) electrons. The van der Waals surface area contributed by atoms with Crippen LogP contribution >= 0.6 is 0 Å². The Kier molecular flexibility index (Phi) is 1.16. The largest absolute Gasteiger partial charge is 0.394 e. The summed E-state index contributed by atoms with van der Waals surface area (Å²) < 4.78 is 19.1. The molecular formula is C3H8O3. The summed E-state index contributed by atoms with van der Waals surface area (Å²) in [5.41, 5.74) is 0. The predicted molar refractivity (Wildman–Crippen MR) is 20.2 cm³/mol. The highest BCUT2D eigenvalue weighted by Gasteiger charge is 1.93. The van der Waals surface area contributed by atoms with Crippen molar-refractivity contribution in [1.29, 1.82) is 0 Å². The highest BCUT2D eigenvalue weighted by Crippen LogP contribution is 1.71. The average molecular weight is 96.1 g/mol. The van der Waals surface area contributed by atoms with Gasteiger partial charge in [-0.15, -0.1) is 0 Å². The first-order valence-corrected chi connectivity index (χ1v) is 1.36. The summed E-state index contributed by atoms with van der Waals surface area (Å²) >= 11 is 0. The van der Waals surface area contributed by atoms with Gasteiger partial charge in [0.15, 0.2) is 0 Å². The molecule has 2 unspecified atom stereocenters. The Morgan fingerprint density at radius 1 is 1.67 bits per heavy atom. The van der Waals surface area contributed by atoms with Crippen LogP contribution < -0.4 is 0 Å². The van der Waals surface area contributed by atoms with Crippen molar-refractivity contribution in [3.63, 3.8) is 0 Å². The van der Waals surface area contributed by atoms with Crippen LogP contribution in [0.2, 0.25) is 0 Å². The molecule has 0 aliphatic heterocycles. The van der Waals surface area contributed by atoms with Crippen LogP contribution in [0.25, 0.3) is 0 Å². The van der Waals surface area contributed by atoms with Crippen LogP contribution in [0.3, 0.4) is 0 Å². The van der Waals surface area contributed by atoms with Gasteiger partial charge in [-0.1, -0.05) is 0 Å². The molecular weight excluding hydrogens is 85.0 g/mol. The highest BCUT2D eigenvalue weighted by molar-refractivity contribution is 4.43. The van der Waals surface area contributed by atoms with Crippen LogP contribution in [0.15, 0.2) is 0 Å². The molecule has 2 atom stereocenters. The van der Waals surface area contributed by atoms with E-state index in [9.17, 15) is 0 Å². The second-order valence-corrected chi connectivity index (χ2v) is 0.723. The minimum atomic E-state index is -2.90. The Balaban J connectivity index is 3.88. The fourth-order valence-electron chi connectivity index (χ4n) is 0.0333. The molecule has 6 heavy (non-hydrogen) atoms. The zero-order valence-electron chi connectivity index (χ0n) is 6.00. The van der Waals surface area contributed by atoms with Crippen LogP contribution in [0.1, 0.15) is 4.11 Å². The smallest absolute Gasteiger partial charge is 0.100 e. The molecule has 3 nitrogen and oxygen atoms in total. The van der Waals surface area contributed by atoms with E-state index >= 15 is 0 Å². The number of aliphatic hydroxyl groups excluding tert-OH is 2. The van der Waals surface area contributed by atoms with Gasteiger partial charge in [0.1, 0.15) is 6.10 Å². The third-order valence-electron chi connectivity index (χ3n) is 0.273. The summed E-state index contributed by atoms with van der Waals surface area (Å²) in [4.78, 5) is 0. The maximum atomic E-state index is 8.40. The molecule has 38 valence electrons. The molecule has 3 heteroatoms. The lowest BCUT2D eigenvalue weighted by atomic mass is 10.6. The summed E-state index contributed by atoms with van der Waals surface area (Å²) in [7, 11) is 0. The molecule has 0 aromatic heterocycles. The van der Waals surface area contributed by atoms with Crippen molar-refractivity contribution in [2.24, 2.45) is 0 Å². The van der Waals surface area contributed by atoms with E-state index in [1.165, 1.54) is 0 Å². The van der Waals surface area contributed by atoms with Gasteiger partial charge in [-0.3, -0.25) is 0 Å².